The Kier molecular flexibility index (Phi) is 2.99. The van der Waals surface area contributed by atoms with Gasteiger partial charge in [-0.2, -0.15) is 0 Å². The van der Waals surface area contributed by atoms with Crippen LogP contribution in [0, 0.1) is 0 Å². The number of benzene rings is 1. The number of nitrogens with one attached hydrogen (secondary N) is 2. The van der Waals surface area contributed by atoms with Crippen molar-refractivity contribution in [1.82, 2.24) is 5.32 Å². The molecule has 0 aromatic heterocycles. The van der Waals surface area contributed by atoms with Crippen LogP contribution in [0.1, 0.15) is 26.2 Å². The summed E-state index contributed by atoms with van der Waals surface area (Å²) < 4.78 is 0. The molecule has 108 valence electrons. The van der Waals surface area contributed by atoms with Crippen LogP contribution in [0.25, 0.3) is 0 Å². The van der Waals surface area contributed by atoms with Gasteiger partial charge >= 0.3 is 0 Å². The molecule has 0 bridgehead atoms. The fourth-order valence-corrected chi connectivity index (χ4v) is 3.47. The van der Waals surface area contributed by atoms with Gasteiger partial charge in [0.1, 0.15) is 6.17 Å². The highest BCUT2D eigenvalue weighted by Gasteiger charge is 2.29. The molecule has 0 saturated heterocycles. The third-order valence-electron chi connectivity index (χ3n) is 4.52. The van der Waals surface area contributed by atoms with E-state index in [0.717, 1.165) is 0 Å². The highest BCUT2D eigenvalue weighted by atomic mass is 15.3. The molecule has 1 aromatic carbocycles. The first-order chi connectivity index (χ1) is 10.3. The number of hydrogen-bond acceptors (Lipinski definition) is 3. The van der Waals surface area contributed by atoms with Crippen LogP contribution in [-0.2, 0) is 0 Å². The summed E-state index contributed by atoms with van der Waals surface area (Å²) in [5.41, 5.74) is 5.10. The van der Waals surface area contributed by atoms with Gasteiger partial charge in [-0.1, -0.05) is 24.3 Å². The Morgan fingerprint density at radius 1 is 1.24 bits per heavy atom. The van der Waals surface area contributed by atoms with Crippen LogP contribution in [0.15, 0.2) is 60.0 Å². The van der Waals surface area contributed by atoms with Crippen LogP contribution in [-0.4, -0.2) is 12.2 Å². The molecule has 2 heterocycles. The minimum absolute atomic E-state index is 0.276. The predicted molar refractivity (Wildman–Crippen MR) is 88.1 cm³/mol. The van der Waals surface area contributed by atoms with Crippen LogP contribution in [0.5, 0.6) is 0 Å². The van der Waals surface area contributed by atoms with Crippen molar-refractivity contribution in [3.63, 3.8) is 0 Å². The van der Waals surface area contributed by atoms with E-state index in [2.05, 4.69) is 71.2 Å². The van der Waals surface area contributed by atoms with E-state index in [0.29, 0.717) is 6.04 Å². The molecule has 1 aliphatic carbocycles. The number of allylic oxidation sites excluding steroid dienone is 2. The zero-order valence-corrected chi connectivity index (χ0v) is 12.3. The number of fused-ring (bicyclic) bond motifs is 2. The van der Waals surface area contributed by atoms with Crippen molar-refractivity contribution in [1.29, 1.82) is 0 Å². The van der Waals surface area contributed by atoms with Crippen LogP contribution in [0.3, 0.4) is 0 Å². The van der Waals surface area contributed by atoms with Gasteiger partial charge in [0, 0.05) is 6.20 Å². The van der Waals surface area contributed by atoms with Crippen LogP contribution in [0.2, 0.25) is 0 Å². The van der Waals surface area contributed by atoms with Crippen LogP contribution >= 0.6 is 0 Å². The molecule has 0 saturated carbocycles. The fourth-order valence-electron chi connectivity index (χ4n) is 3.47. The Hall–Kier alpha value is -2.16. The first kappa shape index (κ1) is 12.6. The molecule has 0 radical (unpaired) electrons. The van der Waals surface area contributed by atoms with E-state index < -0.39 is 0 Å². The van der Waals surface area contributed by atoms with E-state index >= 15 is 0 Å². The van der Waals surface area contributed by atoms with Gasteiger partial charge in [-0.15, -0.1) is 0 Å². The van der Waals surface area contributed by atoms with Gasteiger partial charge in [0.25, 0.3) is 0 Å². The summed E-state index contributed by atoms with van der Waals surface area (Å²) in [6, 6.07) is 8.99. The van der Waals surface area contributed by atoms with Crippen LogP contribution in [0.4, 0.5) is 11.4 Å². The van der Waals surface area contributed by atoms with Crippen molar-refractivity contribution in [2.75, 3.05) is 10.2 Å². The molecular weight excluding hydrogens is 258 g/mol. The van der Waals surface area contributed by atoms with Crippen molar-refractivity contribution >= 4 is 11.4 Å². The minimum atomic E-state index is 0.276. The number of nitrogens with zero attached hydrogens (tertiary/aromatic N) is 1. The summed E-state index contributed by atoms with van der Waals surface area (Å²) in [5.74, 6) is 0. The smallest absolute Gasteiger partial charge is 0.101 e. The molecule has 3 aliphatic rings. The van der Waals surface area contributed by atoms with Crippen molar-refractivity contribution < 1.29 is 0 Å². The largest absolute Gasteiger partial charge is 0.382 e. The van der Waals surface area contributed by atoms with E-state index in [9.17, 15) is 0 Å². The number of anilines is 2. The zero-order valence-electron chi connectivity index (χ0n) is 12.3. The van der Waals surface area contributed by atoms with Crippen LogP contribution < -0.4 is 15.5 Å². The highest BCUT2D eigenvalue weighted by molar-refractivity contribution is 5.79. The Bertz CT molecular complexity index is 642. The van der Waals surface area contributed by atoms with Gasteiger partial charge in [0.05, 0.1) is 23.1 Å². The van der Waals surface area contributed by atoms with Gasteiger partial charge in [0.2, 0.25) is 0 Å². The lowest BCUT2D eigenvalue weighted by Crippen LogP contribution is -2.36. The fraction of sp³-hybridized carbons (Fsp3) is 0.333. The van der Waals surface area contributed by atoms with Crippen molar-refractivity contribution in [3.05, 3.63) is 60.0 Å². The van der Waals surface area contributed by atoms with E-state index in [4.69, 9.17) is 0 Å². The average Bonchev–Trinajstić information content (AvgIpc) is 2.68. The normalized spacial score (nSPS) is 26.8. The van der Waals surface area contributed by atoms with Gasteiger partial charge in [-0.25, -0.2) is 0 Å². The molecule has 3 nitrogen and oxygen atoms in total. The minimum Gasteiger partial charge on any atom is -0.382 e. The molecular formula is C18H21N3. The molecule has 2 aliphatic heterocycles. The summed E-state index contributed by atoms with van der Waals surface area (Å²) in [6.07, 6.45) is 13.0. The van der Waals surface area contributed by atoms with Gasteiger partial charge < -0.3 is 15.5 Å². The molecule has 3 heteroatoms. The lowest BCUT2D eigenvalue weighted by atomic mass is 10.00. The van der Waals surface area contributed by atoms with Crippen molar-refractivity contribution in [2.24, 2.45) is 0 Å². The molecule has 1 aromatic rings. The maximum absolute atomic E-state index is 3.59. The molecule has 4 rings (SSSR count). The summed E-state index contributed by atoms with van der Waals surface area (Å²) in [4.78, 5) is 2.37. The first-order valence-corrected chi connectivity index (χ1v) is 7.82. The monoisotopic (exact) mass is 279 g/mol. The van der Waals surface area contributed by atoms with E-state index in [1.165, 1.54) is 41.9 Å². The standard InChI is InChI=1S/C18H21N3/c1-13-20-17-9-5-6-10-18(17)21(13)15-11-14-7-3-2-4-8-16(14)19-12-15/h3,5-7,9-13,16,19-20H,2,4,8H2,1H3. The Morgan fingerprint density at radius 2 is 2.14 bits per heavy atom. The Balaban J connectivity index is 1.70. The van der Waals surface area contributed by atoms with Crippen molar-refractivity contribution in [3.8, 4) is 0 Å². The maximum atomic E-state index is 3.59. The van der Waals surface area contributed by atoms with Gasteiger partial charge in [0.15, 0.2) is 0 Å². The molecule has 0 amide bonds. The lowest BCUT2D eigenvalue weighted by molar-refractivity contribution is 0.590. The third-order valence-corrected chi connectivity index (χ3v) is 4.52. The Labute approximate surface area is 126 Å². The zero-order chi connectivity index (χ0) is 14.2. The lowest BCUT2D eigenvalue weighted by Gasteiger charge is -2.30. The number of dihydropyridines is 1. The SMILES string of the molecule is CC1Nc2ccccc2N1C1=CNC2CCCC=CC2=C1. The highest BCUT2D eigenvalue weighted by Crippen LogP contribution is 2.38. The van der Waals surface area contributed by atoms with E-state index in [1.807, 2.05) is 0 Å². The number of para-hydroxylation sites is 2. The molecule has 21 heavy (non-hydrogen) atoms. The molecule has 0 fully saturated rings. The topological polar surface area (TPSA) is 27.3 Å². The summed E-state index contributed by atoms with van der Waals surface area (Å²) in [5, 5.41) is 7.13. The molecule has 2 unspecified atom stereocenters. The second-order valence-electron chi connectivity index (χ2n) is 5.97. The summed E-state index contributed by atoms with van der Waals surface area (Å²) >= 11 is 0. The van der Waals surface area contributed by atoms with E-state index in [1.54, 1.807) is 0 Å². The number of rotatable bonds is 1. The summed E-state index contributed by atoms with van der Waals surface area (Å²) in [7, 11) is 0. The molecule has 2 atom stereocenters. The Morgan fingerprint density at radius 3 is 3.10 bits per heavy atom. The van der Waals surface area contributed by atoms with Gasteiger partial charge in [-0.05, 0) is 50.0 Å². The summed E-state index contributed by atoms with van der Waals surface area (Å²) in [6.45, 7) is 2.20. The quantitative estimate of drug-likeness (QED) is 0.820. The second kappa shape index (κ2) is 4.99. The molecule has 2 N–H and O–H groups in total. The van der Waals surface area contributed by atoms with Gasteiger partial charge in [-0.3, -0.25) is 0 Å². The predicted octanol–water partition coefficient (Wildman–Crippen LogP) is 3.74. The second-order valence-corrected chi connectivity index (χ2v) is 5.97. The third kappa shape index (κ3) is 2.13. The number of hydrogen-bond donors (Lipinski definition) is 2. The average molecular weight is 279 g/mol. The molecule has 0 spiro atoms. The van der Waals surface area contributed by atoms with Crippen molar-refractivity contribution in [2.45, 2.75) is 38.4 Å². The maximum Gasteiger partial charge on any atom is 0.101 e. The first-order valence-electron chi connectivity index (χ1n) is 7.82. The van der Waals surface area contributed by atoms with E-state index in [-0.39, 0.29) is 6.17 Å².